The van der Waals surface area contributed by atoms with E-state index in [1.54, 1.807) is 0 Å². The van der Waals surface area contributed by atoms with E-state index in [-0.39, 0.29) is 6.61 Å². The molecular formula is C14H19NO. The summed E-state index contributed by atoms with van der Waals surface area (Å²) in [5.74, 6) is 0. The van der Waals surface area contributed by atoms with Crippen LogP contribution in [0, 0.1) is 0 Å². The van der Waals surface area contributed by atoms with E-state index in [2.05, 4.69) is 30.0 Å². The third kappa shape index (κ3) is 2.27. The molecule has 0 unspecified atom stereocenters. The monoisotopic (exact) mass is 217 g/mol. The number of hydrogen-bond acceptors (Lipinski definition) is 2. The minimum Gasteiger partial charge on any atom is -0.392 e. The van der Waals surface area contributed by atoms with Crippen LogP contribution in [0.5, 0.6) is 0 Å². The summed E-state index contributed by atoms with van der Waals surface area (Å²) in [4.78, 5) is 2.36. The quantitative estimate of drug-likeness (QED) is 0.841. The second-order valence-electron chi connectivity index (χ2n) is 4.19. The fraction of sp³-hybridized carbons (Fsp3) is 0.429. The van der Waals surface area contributed by atoms with Gasteiger partial charge in [-0.3, -0.25) is 0 Å². The molecule has 2 rings (SSSR count). The van der Waals surface area contributed by atoms with Gasteiger partial charge in [0.15, 0.2) is 0 Å². The van der Waals surface area contributed by atoms with Crippen molar-refractivity contribution in [3.05, 3.63) is 41.6 Å². The molecule has 1 heterocycles. The molecule has 86 valence electrons. The first kappa shape index (κ1) is 11.2. The molecule has 16 heavy (non-hydrogen) atoms. The van der Waals surface area contributed by atoms with Crippen LogP contribution >= 0.6 is 0 Å². The number of aliphatic hydroxyl groups is 1. The molecule has 1 aliphatic rings. The average Bonchev–Trinajstić information content (AvgIpc) is 2.78. The molecule has 0 atom stereocenters. The van der Waals surface area contributed by atoms with Crippen molar-refractivity contribution in [3.8, 4) is 0 Å². The van der Waals surface area contributed by atoms with E-state index in [4.69, 9.17) is 5.11 Å². The van der Waals surface area contributed by atoms with Crippen LogP contribution in [0.1, 0.15) is 31.7 Å². The molecule has 1 aliphatic heterocycles. The van der Waals surface area contributed by atoms with Crippen molar-refractivity contribution in [2.75, 3.05) is 11.4 Å². The SMILES string of the molecule is CC/C=C1/CCCN1c1cccc(CO)c1. The van der Waals surface area contributed by atoms with Crippen LogP contribution in [-0.4, -0.2) is 11.7 Å². The lowest BCUT2D eigenvalue weighted by Gasteiger charge is -2.20. The first-order valence-electron chi connectivity index (χ1n) is 6.01. The standard InChI is InChI=1S/C14H19NO/c1-2-5-13-8-4-9-15(13)14-7-3-6-12(10-14)11-16/h3,5-7,10,16H,2,4,8-9,11H2,1H3/b13-5-. The van der Waals surface area contributed by atoms with E-state index in [0.717, 1.165) is 18.5 Å². The lowest BCUT2D eigenvalue weighted by molar-refractivity contribution is 0.282. The van der Waals surface area contributed by atoms with Crippen LogP contribution in [0.25, 0.3) is 0 Å². The molecule has 1 aromatic rings. The lowest BCUT2D eigenvalue weighted by atomic mass is 10.2. The zero-order valence-electron chi connectivity index (χ0n) is 9.82. The third-order valence-electron chi connectivity index (χ3n) is 3.01. The van der Waals surface area contributed by atoms with Gasteiger partial charge in [-0.15, -0.1) is 0 Å². The zero-order valence-corrected chi connectivity index (χ0v) is 9.82. The smallest absolute Gasteiger partial charge is 0.0682 e. The van der Waals surface area contributed by atoms with Gasteiger partial charge in [0.25, 0.3) is 0 Å². The van der Waals surface area contributed by atoms with Crippen molar-refractivity contribution in [1.82, 2.24) is 0 Å². The largest absolute Gasteiger partial charge is 0.392 e. The first-order valence-corrected chi connectivity index (χ1v) is 6.01. The maximum absolute atomic E-state index is 9.14. The Labute approximate surface area is 97.2 Å². The van der Waals surface area contributed by atoms with Crippen LogP contribution in [0.2, 0.25) is 0 Å². The summed E-state index contributed by atoms with van der Waals surface area (Å²) in [6, 6.07) is 8.17. The highest BCUT2D eigenvalue weighted by Crippen LogP contribution is 2.29. The maximum Gasteiger partial charge on any atom is 0.0682 e. The zero-order chi connectivity index (χ0) is 11.4. The summed E-state index contributed by atoms with van der Waals surface area (Å²) >= 11 is 0. The Kier molecular flexibility index (Phi) is 3.62. The van der Waals surface area contributed by atoms with Crippen molar-refractivity contribution in [1.29, 1.82) is 0 Å². The molecule has 2 heteroatoms. The average molecular weight is 217 g/mol. The fourth-order valence-electron chi connectivity index (χ4n) is 2.26. The molecule has 0 aromatic heterocycles. The van der Waals surface area contributed by atoms with E-state index >= 15 is 0 Å². The van der Waals surface area contributed by atoms with Crippen molar-refractivity contribution >= 4 is 5.69 Å². The van der Waals surface area contributed by atoms with Crippen molar-refractivity contribution in [3.63, 3.8) is 0 Å². The number of allylic oxidation sites excluding steroid dienone is 2. The Morgan fingerprint density at radius 2 is 2.31 bits per heavy atom. The molecule has 0 amide bonds. The Bertz CT molecular complexity index is 384. The number of anilines is 1. The summed E-state index contributed by atoms with van der Waals surface area (Å²) in [5.41, 5.74) is 3.63. The highest BCUT2D eigenvalue weighted by Gasteiger charge is 2.17. The van der Waals surface area contributed by atoms with Crippen LogP contribution in [0.4, 0.5) is 5.69 Å². The van der Waals surface area contributed by atoms with Crippen molar-refractivity contribution in [2.45, 2.75) is 32.8 Å². The van der Waals surface area contributed by atoms with E-state index < -0.39 is 0 Å². The maximum atomic E-state index is 9.14. The summed E-state index contributed by atoms with van der Waals surface area (Å²) in [6.45, 7) is 3.39. The molecule has 1 fully saturated rings. The minimum absolute atomic E-state index is 0.120. The molecule has 0 aliphatic carbocycles. The molecule has 0 bridgehead atoms. The van der Waals surface area contributed by atoms with E-state index in [9.17, 15) is 0 Å². The van der Waals surface area contributed by atoms with Gasteiger partial charge in [-0.05, 0) is 37.0 Å². The van der Waals surface area contributed by atoms with Crippen LogP contribution in [-0.2, 0) is 6.61 Å². The Morgan fingerprint density at radius 1 is 1.44 bits per heavy atom. The summed E-state index contributed by atoms with van der Waals surface area (Å²) < 4.78 is 0. The molecular weight excluding hydrogens is 198 g/mol. The molecule has 1 aromatic carbocycles. The Balaban J connectivity index is 2.25. The summed E-state index contributed by atoms with van der Waals surface area (Å²) in [5, 5.41) is 9.14. The van der Waals surface area contributed by atoms with Crippen molar-refractivity contribution < 1.29 is 5.11 Å². The highest BCUT2D eigenvalue weighted by molar-refractivity contribution is 5.55. The van der Waals surface area contributed by atoms with Gasteiger partial charge in [-0.2, -0.15) is 0 Å². The number of rotatable bonds is 3. The third-order valence-corrected chi connectivity index (χ3v) is 3.01. The summed E-state index contributed by atoms with van der Waals surface area (Å²) in [6.07, 6.45) is 5.80. The Hall–Kier alpha value is -1.28. The Morgan fingerprint density at radius 3 is 3.06 bits per heavy atom. The first-order chi connectivity index (χ1) is 7.85. The van der Waals surface area contributed by atoms with E-state index in [1.165, 1.54) is 24.2 Å². The van der Waals surface area contributed by atoms with E-state index in [0.29, 0.717) is 0 Å². The molecule has 1 N–H and O–H groups in total. The number of hydrogen-bond donors (Lipinski definition) is 1. The van der Waals surface area contributed by atoms with Gasteiger partial charge < -0.3 is 10.0 Å². The molecule has 0 saturated carbocycles. The van der Waals surface area contributed by atoms with Gasteiger partial charge in [-0.25, -0.2) is 0 Å². The van der Waals surface area contributed by atoms with Gasteiger partial charge in [0.2, 0.25) is 0 Å². The summed E-state index contributed by atoms with van der Waals surface area (Å²) in [7, 11) is 0. The van der Waals surface area contributed by atoms with Gasteiger partial charge in [-0.1, -0.05) is 25.1 Å². The number of nitrogens with zero attached hydrogens (tertiary/aromatic N) is 1. The van der Waals surface area contributed by atoms with Gasteiger partial charge in [0.1, 0.15) is 0 Å². The van der Waals surface area contributed by atoms with Gasteiger partial charge in [0, 0.05) is 17.9 Å². The topological polar surface area (TPSA) is 23.5 Å². The van der Waals surface area contributed by atoms with Gasteiger partial charge >= 0.3 is 0 Å². The van der Waals surface area contributed by atoms with Crippen LogP contribution in [0.3, 0.4) is 0 Å². The second kappa shape index (κ2) is 5.17. The number of benzene rings is 1. The molecule has 1 saturated heterocycles. The minimum atomic E-state index is 0.120. The normalized spacial score (nSPS) is 18.4. The van der Waals surface area contributed by atoms with E-state index in [1.807, 2.05) is 12.1 Å². The van der Waals surface area contributed by atoms with Gasteiger partial charge in [0.05, 0.1) is 6.61 Å². The van der Waals surface area contributed by atoms with Crippen molar-refractivity contribution in [2.24, 2.45) is 0 Å². The van der Waals surface area contributed by atoms with Crippen LogP contribution < -0.4 is 4.90 Å². The highest BCUT2D eigenvalue weighted by atomic mass is 16.3. The van der Waals surface area contributed by atoms with Crippen LogP contribution in [0.15, 0.2) is 36.0 Å². The lowest BCUT2D eigenvalue weighted by Crippen LogP contribution is -2.16. The molecule has 0 radical (unpaired) electrons. The second-order valence-corrected chi connectivity index (χ2v) is 4.19. The predicted molar refractivity (Wildman–Crippen MR) is 67.3 cm³/mol. The molecule has 0 spiro atoms. The predicted octanol–water partition coefficient (Wildman–Crippen LogP) is 3.07. The fourth-order valence-corrected chi connectivity index (χ4v) is 2.26. The molecule has 2 nitrogen and oxygen atoms in total. The number of aliphatic hydroxyl groups excluding tert-OH is 1.